The van der Waals surface area contributed by atoms with Crippen LogP contribution in [-0.2, 0) is 17.2 Å². The molecule has 0 unspecified atom stereocenters. The van der Waals surface area contributed by atoms with Crippen LogP contribution in [0.25, 0.3) is 16.3 Å². The van der Waals surface area contributed by atoms with Gasteiger partial charge in [-0.3, -0.25) is 0 Å². The first-order valence-corrected chi connectivity index (χ1v) is 15.6. The number of aromatic nitrogens is 1. The number of nitrogens with zero attached hydrogens (tertiary/aromatic N) is 2. The van der Waals surface area contributed by atoms with Gasteiger partial charge in [0.15, 0.2) is 0 Å². The summed E-state index contributed by atoms with van der Waals surface area (Å²) in [5.74, 6) is 1.77. The number of hydrogen-bond acceptors (Lipinski definition) is 8. The van der Waals surface area contributed by atoms with Gasteiger partial charge in [-0.05, 0) is 61.4 Å². The van der Waals surface area contributed by atoms with Crippen molar-refractivity contribution >= 4 is 55.2 Å². The van der Waals surface area contributed by atoms with Crippen LogP contribution in [0.1, 0.15) is 23.9 Å². The molecule has 1 aliphatic rings. The van der Waals surface area contributed by atoms with E-state index >= 15 is 0 Å². The Kier molecular flexibility index (Phi) is 9.25. The van der Waals surface area contributed by atoms with E-state index in [4.69, 9.17) is 9.47 Å². The molecule has 0 spiro atoms. The van der Waals surface area contributed by atoms with Crippen molar-refractivity contribution in [3.8, 4) is 11.5 Å². The molecule has 1 aromatic heterocycles. The predicted molar refractivity (Wildman–Crippen MR) is 162 cm³/mol. The normalized spacial score (nSPS) is 14.2. The summed E-state index contributed by atoms with van der Waals surface area (Å²) >= 11 is 3.61. The number of rotatable bonds is 6. The largest absolute Gasteiger partial charge is 0.744 e. The SMILES string of the molecule is CCC(/C=C1\Sc2ccc(OC)cc2N1C)=C\c1sc2ccc(OC)cc2[n+]1C.Cc1ccc(S(=O)(=O)[O-])cc1. The topological polar surface area (TPSA) is 82.8 Å². The summed E-state index contributed by atoms with van der Waals surface area (Å²) in [6.07, 6.45) is 5.55. The second-order valence-corrected chi connectivity index (χ2v) is 12.7. The molecule has 40 heavy (non-hydrogen) atoms. The molecule has 210 valence electrons. The summed E-state index contributed by atoms with van der Waals surface area (Å²) < 4.78 is 45.4. The van der Waals surface area contributed by atoms with E-state index in [1.807, 2.05) is 19.1 Å². The lowest BCUT2D eigenvalue weighted by molar-refractivity contribution is -0.642. The number of hydrogen-bond donors (Lipinski definition) is 0. The predicted octanol–water partition coefficient (Wildman–Crippen LogP) is 6.52. The van der Waals surface area contributed by atoms with Crippen molar-refractivity contribution in [3.05, 3.63) is 87.9 Å². The third-order valence-corrected chi connectivity index (χ3v) is 9.66. The molecule has 0 radical (unpaired) electrons. The first-order chi connectivity index (χ1) is 19.0. The molecular weight excluding hydrogens is 565 g/mol. The monoisotopic (exact) mass is 596 g/mol. The Hall–Kier alpha value is -3.31. The van der Waals surface area contributed by atoms with Gasteiger partial charge in [0.25, 0.3) is 5.01 Å². The summed E-state index contributed by atoms with van der Waals surface area (Å²) in [7, 11) is 3.37. The molecule has 1 aliphatic heterocycles. The van der Waals surface area contributed by atoms with Crippen LogP contribution in [0, 0.1) is 6.92 Å². The zero-order valence-electron chi connectivity index (χ0n) is 23.3. The number of allylic oxidation sites excluding steroid dienone is 2. The van der Waals surface area contributed by atoms with E-state index in [1.165, 1.54) is 48.5 Å². The van der Waals surface area contributed by atoms with Crippen LogP contribution in [0.3, 0.4) is 0 Å². The van der Waals surface area contributed by atoms with Crippen LogP contribution in [0.2, 0.25) is 0 Å². The van der Waals surface area contributed by atoms with Crippen LogP contribution < -0.4 is 18.9 Å². The second kappa shape index (κ2) is 12.5. The number of ether oxygens (including phenoxy) is 2. The van der Waals surface area contributed by atoms with Crippen molar-refractivity contribution in [2.24, 2.45) is 7.05 Å². The summed E-state index contributed by atoms with van der Waals surface area (Å²) in [4.78, 5) is 3.32. The smallest absolute Gasteiger partial charge is 0.262 e. The summed E-state index contributed by atoms with van der Waals surface area (Å²) in [6.45, 7) is 4.02. The summed E-state index contributed by atoms with van der Waals surface area (Å²) in [5, 5.41) is 2.46. The first kappa shape index (κ1) is 29.7. The highest BCUT2D eigenvalue weighted by atomic mass is 32.2. The lowest BCUT2D eigenvalue weighted by atomic mass is 10.2. The standard InChI is InChI=1S/C23H25N2O2S2.C7H8O3S/c1-6-15(11-22-24(2)18-13-16(26-4)7-9-20(18)28-22)12-23-25(3)19-14-17(27-5)8-10-21(19)29-23;1-6-2-4-7(5-3-6)11(8,9)10/h7-14H,6H2,1-5H3;2-5H,1H3,(H,8,9,10)/q+1;/p-1. The fourth-order valence-corrected chi connectivity index (χ4v) is 6.75. The Balaban J connectivity index is 0.000000283. The van der Waals surface area contributed by atoms with Crippen LogP contribution >= 0.6 is 23.1 Å². The second-order valence-electron chi connectivity index (χ2n) is 9.15. The maximum Gasteiger partial charge on any atom is 0.262 e. The van der Waals surface area contributed by atoms with Gasteiger partial charge in [-0.15, -0.1) is 0 Å². The van der Waals surface area contributed by atoms with Gasteiger partial charge in [-0.1, -0.05) is 47.7 Å². The number of fused-ring (bicyclic) bond motifs is 2. The minimum absolute atomic E-state index is 0.178. The Morgan fingerprint density at radius 1 is 1.02 bits per heavy atom. The molecule has 4 aromatic rings. The summed E-state index contributed by atoms with van der Waals surface area (Å²) in [5.41, 5.74) is 4.61. The van der Waals surface area contributed by atoms with Crippen molar-refractivity contribution in [2.75, 3.05) is 26.2 Å². The zero-order chi connectivity index (χ0) is 29.0. The van der Waals surface area contributed by atoms with E-state index in [0.717, 1.165) is 23.5 Å². The lowest BCUT2D eigenvalue weighted by Gasteiger charge is -2.14. The molecule has 0 atom stereocenters. The average Bonchev–Trinajstić information content (AvgIpc) is 3.42. The molecule has 3 aromatic carbocycles. The van der Waals surface area contributed by atoms with E-state index in [-0.39, 0.29) is 4.90 Å². The number of thiazole rings is 1. The van der Waals surface area contributed by atoms with Gasteiger partial charge < -0.3 is 18.9 Å². The zero-order valence-corrected chi connectivity index (χ0v) is 25.7. The highest BCUT2D eigenvalue weighted by Gasteiger charge is 2.23. The van der Waals surface area contributed by atoms with E-state index < -0.39 is 10.1 Å². The van der Waals surface area contributed by atoms with E-state index in [2.05, 4.69) is 66.9 Å². The molecule has 0 bridgehead atoms. The maximum absolute atomic E-state index is 10.4. The van der Waals surface area contributed by atoms with Gasteiger partial charge in [0, 0.05) is 24.1 Å². The van der Waals surface area contributed by atoms with Crippen molar-refractivity contribution in [3.63, 3.8) is 0 Å². The van der Waals surface area contributed by atoms with Crippen molar-refractivity contribution in [2.45, 2.75) is 30.1 Å². The number of aryl methyl sites for hydroxylation is 2. The van der Waals surface area contributed by atoms with Gasteiger partial charge in [0.1, 0.15) is 33.4 Å². The van der Waals surface area contributed by atoms with Crippen molar-refractivity contribution in [1.29, 1.82) is 0 Å². The fraction of sp³-hybridized carbons (Fsp3) is 0.233. The van der Waals surface area contributed by atoms with E-state index in [9.17, 15) is 13.0 Å². The number of anilines is 1. The third-order valence-electron chi connectivity index (χ3n) is 6.48. The van der Waals surface area contributed by atoms with Gasteiger partial charge in [-0.25, -0.2) is 8.42 Å². The Bertz CT molecular complexity index is 1690. The molecule has 5 rings (SSSR count). The number of methoxy groups -OCH3 is 2. The van der Waals surface area contributed by atoms with Crippen molar-refractivity contribution in [1.82, 2.24) is 0 Å². The van der Waals surface area contributed by atoms with Crippen molar-refractivity contribution < 1.29 is 27.0 Å². The molecule has 0 amide bonds. The first-order valence-electron chi connectivity index (χ1n) is 12.5. The molecule has 10 heteroatoms. The molecule has 2 heterocycles. The average molecular weight is 597 g/mol. The minimum Gasteiger partial charge on any atom is -0.744 e. The van der Waals surface area contributed by atoms with E-state index in [0.29, 0.717) is 0 Å². The van der Waals surface area contributed by atoms with Gasteiger partial charge in [0.2, 0.25) is 5.52 Å². The van der Waals surface area contributed by atoms with E-state index in [1.54, 1.807) is 49.5 Å². The molecule has 0 saturated carbocycles. The van der Waals surface area contributed by atoms with Gasteiger partial charge in [0.05, 0.1) is 35.9 Å². The fourth-order valence-electron chi connectivity index (χ4n) is 4.07. The highest BCUT2D eigenvalue weighted by Crippen LogP contribution is 2.47. The Morgan fingerprint density at radius 2 is 1.68 bits per heavy atom. The van der Waals surface area contributed by atoms with Crippen LogP contribution in [0.4, 0.5) is 5.69 Å². The van der Waals surface area contributed by atoms with Crippen LogP contribution in [0.15, 0.2) is 87.1 Å². The third kappa shape index (κ3) is 6.69. The Morgan fingerprint density at radius 3 is 2.30 bits per heavy atom. The molecular formula is C30H32N2O5S3. The van der Waals surface area contributed by atoms with Gasteiger partial charge in [-0.2, -0.15) is 4.57 Å². The highest BCUT2D eigenvalue weighted by molar-refractivity contribution is 8.03. The minimum atomic E-state index is -4.27. The molecule has 0 aliphatic carbocycles. The molecule has 0 saturated heterocycles. The number of benzene rings is 3. The quantitative estimate of drug-likeness (QED) is 0.185. The van der Waals surface area contributed by atoms with Crippen LogP contribution in [-0.4, -0.2) is 34.2 Å². The Labute approximate surface area is 244 Å². The molecule has 0 N–H and O–H groups in total. The molecule has 0 fully saturated rings. The maximum atomic E-state index is 10.4. The van der Waals surface area contributed by atoms with Gasteiger partial charge >= 0.3 is 0 Å². The number of thioether (sulfide) groups is 1. The lowest BCUT2D eigenvalue weighted by Crippen LogP contribution is -2.29. The summed E-state index contributed by atoms with van der Waals surface area (Å²) in [6, 6.07) is 18.3. The van der Waals surface area contributed by atoms with Crippen LogP contribution in [0.5, 0.6) is 11.5 Å². The molecule has 7 nitrogen and oxygen atoms in total.